The first kappa shape index (κ1) is 10.3. The van der Waals surface area contributed by atoms with E-state index in [9.17, 15) is 0 Å². The molecule has 0 heterocycles. The molecule has 0 unspecified atom stereocenters. The number of nitrogens with two attached hydrogens (primary N) is 1. The Kier molecular flexibility index (Phi) is 2.45. The van der Waals surface area contributed by atoms with Crippen LogP contribution < -0.4 is 5.73 Å². The summed E-state index contributed by atoms with van der Waals surface area (Å²) in [6.45, 7) is 2.50. The summed E-state index contributed by atoms with van der Waals surface area (Å²) in [6, 6.07) is 0.0276. The molecule has 0 aromatic carbocycles. The van der Waals surface area contributed by atoms with Crippen LogP contribution in [0.3, 0.4) is 0 Å². The minimum absolute atomic E-state index is 0. The number of rotatable bonds is 3. The average Bonchev–Trinajstić information content (AvgIpc) is 1.82. The van der Waals surface area contributed by atoms with Crippen molar-refractivity contribution in [1.82, 2.24) is 0 Å². The SMILES string of the molecule is CC12CC(C[C@@H](N)CO)(C1)C2.Cl. The highest BCUT2D eigenvalue weighted by Gasteiger charge is 2.64. The Morgan fingerprint density at radius 2 is 1.92 bits per heavy atom. The zero-order chi connectivity index (χ0) is 8.11. The first-order chi connectivity index (χ1) is 5.08. The predicted octanol–water partition coefficient (Wildman–Crippen LogP) is 1.31. The summed E-state index contributed by atoms with van der Waals surface area (Å²) < 4.78 is 0. The maximum absolute atomic E-state index is 8.77. The van der Waals surface area contributed by atoms with Crippen molar-refractivity contribution in [1.29, 1.82) is 0 Å². The Morgan fingerprint density at radius 3 is 2.25 bits per heavy atom. The van der Waals surface area contributed by atoms with E-state index in [0.717, 1.165) is 6.42 Å². The van der Waals surface area contributed by atoms with E-state index in [-0.39, 0.29) is 25.1 Å². The lowest BCUT2D eigenvalue weighted by atomic mass is 9.35. The van der Waals surface area contributed by atoms with Gasteiger partial charge in [-0.1, -0.05) is 6.92 Å². The summed E-state index contributed by atoms with van der Waals surface area (Å²) in [5, 5.41) is 8.77. The molecule has 0 saturated heterocycles. The Hall–Kier alpha value is 0.210. The molecule has 3 fully saturated rings. The number of halogens is 1. The fraction of sp³-hybridized carbons (Fsp3) is 1.00. The molecule has 3 saturated carbocycles. The van der Waals surface area contributed by atoms with Crippen LogP contribution in [0.4, 0.5) is 0 Å². The van der Waals surface area contributed by atoms with Crippen molar-refractivity contribution >= 4 is 12.4 Å². The molecular weight excluding hydrogens is 174 g/mol. The van der Waals surface area contributed by atoms with Gasteiger partial charge in [-0.25, -0.2) is 0 Å². The second-order valence-corrected chi connectivity index (χ2v) is 4.99. The van der Waals surface area contributed by atoms with Crippen molar-refractivity contribution in [3.05, 3.63) is 0 Å². The molecule has 12 heavy (non-hydrogen) atoms. The standard InChI is InChI=1S/C9H17NO.ClH/c1-8-4-9(5-8,6-8)2-7(10)3-11;/h7,11H,2-6,10H2,1H3;1H/t7-,8?,9?;/m1./s1. The Morgan fingerprint density at radius 1 is 1.42 bits per heavy atom. The van der Waals surface area contributed by atoms with E-state index in [1.807, 2.05) is 0 Å². The van der Waals surface area contributed by atoms with Gasteiger partial charge in [-0.3, -0.25) is 0 Å². The van der Waals surface area contributed by atoms with Crippen LogP contribution in [0.1, 0.15) is 32.6 Å². The normalized spacial score (nSPS) is 45.2. The Labute approximate surface area is 79.9 Å². The van der Waals surface area contributed by atoms with Gasteiger partial charge >= 0.3 is 0 Å². The second kappa shape index (κ2) is 2.86. The summed E-state index contributed by atoms with van der Waals surface area (Å²) in [5.74, 6) is 0. The van der Waals surface area contributed by atoms with Crippen LogP contribution in [0.15, 0.2) is 0 Å². The highest BCUT2D eigenvalue weighted by atomic mass is 35.5. The largest absolute Gasteiger partial charge is 0.395 e. The van der Waals surface area contributed by atoms with Gasteiger partial charge in [-0.05, 0) is 36.5 Å². The van der Waals surface area contributed by atoms with E-state index >= 15 is 0 Å². The monoisotopic (exact) mass is 191 g/mol. The van der Waals surface area contributed by atoms with Crippen molar-refractivity contribution in [2.24, 2.45) is 16.6 Å². The zero-order valence-corrected chi connectivity index (χ0v) is 8.36. The van der Waals surface area contributed by atoms with Crippen LogP contribution in [0.25, 0.3) is 0 Å². The third-order valence-electron chi connectivity index (χ3n) is 3.34. The molecule has 0 aromatic rings. The summed E-state index contributed by atoms with van der Waals surface area (Å²) >= 11 is 0. The van der Waals surface area contributed by atoms with Gasteiger partial charge in [-0.15, -0.1) is 12.4 Å². The maximum atomic E-state index is 8.77. The summed E-state index contributed by atoms with van der Waals surface area (Å²) in [4.78, 5) is 0. The van der Waals surface area contributed by atoms with E-state index < -0.39 is 0 Å². The van der Waals surface area contributed by atoms with Gasteiger partial charge in [0.1, 0.15) is 0 Å². The van der Waals surface area contributed by atoms with E-state index in [2.05, 4.69) is 6.92 Å². The number of aliphatic hydroxyl groups is 1. The summed E-state index contributed by atoms with van der Waals surface area (Å²) in [5.41, 5.74) is 6.93. The van der Waals surface area contributed by atoms with E-state index in [1.165, 1.54) is 19.3 Å². The van der Waals surface area contributed by atoms with Crippen molar-refractivity contribution in [2.45, 2.75) is 38.6 Å². The molecule has 0 aromatic heterocycles. The fourth-order valence-electron chi connectivity index (χ4n) is 3.40. The van der Waals surface area contributed by atoms with E-state index in [1.54, 1.807) is 0 Å². The van der Waals surface area contributed by atoms with E-state index in [4.69, 9.17) is 10.8 Å². The molecule has 72 valence electrons. The van der Waals surface area contributed by atoms with Crippen LogP contribution in [-0.2, 0) is 0 Å². The first-order valence-corrected chi connectivity index (χ1v) is 4.44. The maximum Gasteiger partial charge on any atom is 0.0582 e. The number of aliphatic hydroxyl groups excluding tert-OH is 1. The van der Waals surface area contributed by atoms with Crippen molar-refractivity contribution in [3.63, 3.8) is 0 Å². The minimum Gasteiger partial charge on any atom is -0.395 e. The average molecular weight is 192 g/mol. The molecule has 0 spiro atoms. The quantitative estimate of drug-likeness (QED) is 0.707. The predicted molar refractivity (Wildman–Crippen MR) is 51.3 cm³/mol. The smallest absolute Gasteiger partial charge is 0.0582 e. The van der Waals surface area contributed by atoms with Crippen LogP contribution in [0.5, 0.6) is 0 Å². The highest BCUT2D eigenvalue weighted by Crippen LogP contribution is 2.74. The number of hydrogen-bond acceptors (Lipinski definition) is 2. The third kappa shape index (κ3) is 1.36. The van der Waals surface area contributed by atoms with Gasteiger partial charge in [0.2, 0.25) is 0 Å². The fourth-order valence-corrected chi connectivity index (χ4v) is 3.40. The second-order valence-electron chi connectivity index (χ2n) is 4.99. The molecule has 2 nitrogen and oxygen atoms in total. The molecule has 3 rings (SSSR count). The highest BCUT2D eigenvalue weighted by molar-refractivity contribution is 5.85. The van der Waals surface area contributed by atoms with Crippen LogP contribution in [0, 0.1) is 10.8 Å². The lowest BCUT2D eigenvalue weighted by Gasteiger charge is -2.70. The number of hydrogen-bond donors (Lipinski definition) is 2. The zero-order valence-electron chi connectivity index (χ0n) is 7.55. The molecule has 3 heteroatoms. The first-order valence-electron chi connectivity index (χ1n) is 4.44. The lowest BCUT2D eigenvalue weighted by molar-refractivity contribution is -0.198. The van der Waals surface area contributed by atoms with E-state index in [0.29, 0.717) is 10.8 Å². The molecule has 1 atom stereocenters. The lowest BCUT2D eigenvalue weighted by Crippen LogP contribution is -2.61. The molecule has 3 aliphatic carbocycles. The van der Waals surface area contributed by atoms with Gasteiger partial charge in [0.15, 0.2) is 0 Å². The van der Waals surface area contributed by atoms with Crippen LogP contribution in [-0.4, -0.2) is 17.8 Å². The molecule has 3 N–H and O–H groups in total. The van der Waals surface area contributed by atoms with Crippen molar-refractivity contribution in [3.8, 4) is 0 Å². The molecule has 2 bridgehead atoms. The summed E-state index contributed by atoms with van der Waals surface area (Å²) in [7, 11) is 0. The van der Waals surface area contributed by atoms with Crippen molar-refractivity contribution < 1.29 is 5.11 Å². The van der Waals surface area contributed by atoms with Gasteiger partial charge in [-0.2, -0.15) is 0 Å². The van der Waals surface area contributed by atoms with Crippen LogP contribution >= 0.6 is 12.4 Å². The van der Waals surface area contributed by atoms with Gasteiger partial charge in [0.25, 0.3) is 0 Å². The van der Waals surface area contributed by atoms with Crippen molar-refractivity contribution in [2.75, 3.05) is 6.61 Å². The molecular formula is C9H18ClNO. The molecule has 0 amide bonds. The molecule has 3 aliphatic rings. The van der Waals surface area contributed by atoms with Gasteiger partial charge in [0.05, 0.1) is 6.61 Å². The molecule has 0 radical (unpaired) electrons. The van der Waals surface area contributed by atoms with Crippen LogP contribution in [0.2, 0.25) is 0 Å². The topological polar surface area (TPSA) is 46.2 Å². The Balaban J connectivity index is 0.000000720. The van der Waals surface area contributed by atoms with Gasteiger partial charge in [0, 0.05) is 6.04 Å². The minimum atomic E-state index is 0. The molecule has 0 aliphatic heterocycles. The summed E-state index contributed by atoms with van der Waals surface area (Å²) in [6.07, 6.45) is 5.11. The Bertz CT molecular complexity index is 164. The third-order valence-corrected chi connectivity index (χ3v) is 3.34. The van der Waals surface area contributed by atoms with Gasteiger partial charge < -0.3 is 10.8 Å².